The van der Waals surface area contributed by atoms with Gasteiger partial charge in [-0.25, -0.2) is 8.78 Å². The maximum Gasteiger partial charge on any atom is 0.151 e. The molecule has 2 nitrogen and oxygen atoms in total. The Bertz CT molecular complexity index is 287. The van der Waals surface area contributed by atoms with E-state index in [9.17, 15) is 8.78 Å². The summed E-state index contributed by atoms with van der Waals surface area (Å²) in [5.74, 6) is -1.18. The highest BCUT2D eigenvalue weighted by atomic mass is 19.1. The molecule has 0 bridgehead atoms. The molecule has 12 heavy (non-hydrogen) atoms. The summed E-state index contributed by atoms with van der Waals surface area (Å²) in [6, 6.07) is 2.07. The van der Waals surface area contributed by atoms with Gasteiger partial charge in [-0.2, -0.15) is 0 Å². The van der Waals surface area contributed by atoms with Crippen LogP contribution in [0.1, 0.15) is 0 Å². The number of rotatable bonds is 2. The van der Waals surface area contributed by atoms with Crippen LogP contribution in [0, 0.1) is 11.6 Å². The summed E-state index contributed by atoms with van der Waals surface area (Å²) in [7, 11) is 3.19. The molecule has 0 atom stereocenters. The maximum atomic E-state index is 13.0. The van der Waals surface area contributed by atoms with Crippen LogP contribution in [0.15, 0.2) is 12.1 Å². The van der Waals surface area contributed by atoms with Crippen molar-refractivity contribution < 1.29 is 8.78 Å². The number of anilines is 2. The molecule has 4 heteroatoms. The van der Waals surface area contributed by atoms with Crippen LogP contribution in [0.2, 0.25) is 0 Å². The predicted octanol–water partition coefficient (Wildman–Crippen LogP) is 2.05. The maximum absolute atomic E-state index is 13.0. The molecule has 66 valence electrons. The second kappa shape index (κ2) is 3.38. The SMILES string of the molecule is CNc1cc(F)cc(F)c1NC. The van der Waals surface area contributed by atoms with Crippen LogP contribution >= 0.6 is 0 Å². The molecule has 0 saturated heterocycles. The molecular weight excluding hydrogens is 162 g/mol. The Kier molecular flexibility index (Phi) is 2.47. The minimum absolute atomic E-state index is 0.277. The first-order valence-corrected chi connectivity index (χ1v) is 3.53. The average Bonchev–Trinajstić information content (AvgIpc) is 2.03. The summed E-state index contributed by atoms with van der Waals surface area (Å²) in [4.78, 5) is 0. The second-order valence-electron chi connectivity index (χ2n) is 2.31. The summed E-state index contributed by atoms with van der Waals surface area (Å²) in [5.41, 5.74) is 0.689. The van der Waals surface area contributed by atoms with Crippen molar-refractivity contribution in [3.63, 3.8) is 0 Å². The Labute approximate surface area is 69.6 Å². The highest BCUT2D eigenvalue weighted by Crippen LogP contribution is 2.25. The van der Waals surface area contributed by atoms with Gasteiger partial charge in [0, 0.05) is 20.2 Å². The molecule has 0 unspecified atom stereocenters. The van der Waals surface area contributed by atoms with Crippen molar-refractivity contribution in [2.24, 2.45) is 0 Å². The highest BCUT2D eigenvalue weighted by molar-refractivity contribution is 5.68. The van der Waals surface area contributed by atoms with E-state index in [1.54, 1.807) is 14.1 Å². The Morgan fingerprint density at radius 1 is 1.08 bits per heavy atom. The quantitative estimate of drug-likeness (QED) is 0.713. The molecule has 1 rings (SSSR count). The first kappa shape index (κ1) is 8.77. The highest BCUT2D eigenvalue weighted by Gasteiger charge is 2.07. The van der Waals surface area contributed by atoms with Crippen LogP contribution in [-0.2, 0) is 0 Å². The minimum atomic E-state index is -0.596. The fourth-order valence-corrected chi connectivity index (χ4v) is 1.02. The average molecular weight is 172 g/mol. The van der Waals surface area contributed by atoms with Gasteiger partial charge in [-0.05, 0) is 6.07 Å². The number of nitrogens with one attached hydrogen (secondary N) is 2. The lowest BCUT2D eigenvalue weighted by molar-refractivity contribution is 0.586. The molecule has 0 aliphatic carbocycles. The third-order valence-electron chi connectivity index (χ3n) is 1.57. The Hall–Kier alpha value is -1.32. The summed E-state index contributed by atoms with van der Waals surface area (Å²) in [6.45, 7) is 0. The molecule has 0 saturated carbocycles. The van der Waals surface area contributed by atoms with Gasteiger partial charge in [-0.1, -0.05) is 0 Å². The second-order valence-corrected chi connectivity index (χ2v) is 2.31. The molecule has 1 aromatic carbocycles. The first-order valence-electron chi connectivity index (χ1n) is 3.53. The number of hydrogen-bond acceptors (Lipinski definition) is 2. The van der Waals surface area contributed by atoms with E-state index < -0.39 is 11.6 Å². The zero-order valence-electron chi connectivity index (χ0n) is 6.91. The van der Waals surface area contributed by atoms with E-state index in [0.717, 1.165) is 6.07 Å². The normalized spacial score (nSPS) is 9.67. The van der Waals surface area contributed by atoms with Gasteiger partial charge in [0.2, 0.25) is 0 Å². The van der Waals surface area contributed by atoms with Crippen LogP contribution < -0.4 is 10.6 Å². The van der Waals surface area contributed by atoms with Crippen molar-refractivity contribution in [2.45, 2.75) is 0 Å². The van der Waals surface area contributed by atoms with Crippen LogP contribution in [0.5, 0.6) is 0 Å². The third kappa shape index (κ3) is 1.47. The van der Waals surface area contributed by atoms with Crippen LogP contribution in [0.4, 0.5) is 20.2 Å². The summed E-state index contributed by atoms with van der Waals surface area (Å²) in [5, 5.41) is 5.32. The van der Waals surface area contributed by atoms with Crippen molar-refractivity contribution >= 4 is 11.4 Å². The molecule has 0 aliphatic heterocycles. The topological polar surface area (TPSA) is 24.1 Å². The smallest absolute Gasteiger partial charge is 0.151 e. The van der Waals surface area contributed by atoms with Gasteiger partial charge < -0.3 is 10.6 Å². The third-order valence-corrected chi connectivity index (χ3v) is 1.57. The van der Waals surface area contributed by atoms with Gasteiger partial charge >= 0.3 is 0 Å². The summed E-state index contributed by atoms with van der Waals surface area (Å²) >= 11 is 0. The van der Waals surface area contributed by atoms with Gasteiger partial charge in [0.1, 0.15) is 5.82 Å². The zero-order chi connectivity index (χ0) is 9.14. The molecule has 0 aliphatic rings. The molecule has 0 spiro atoms. The van der Waals surface area contributed by atoms with Crippen molar-refractivity contribution in [1.82, 2.24) is 0 Å². The van der Waals surface area contributed by atoms with Crippen LogP contribution in [-0.4, -0.2) is 14.1 Å². The number of hydrogen-bond donors (Lipinski definition) is 2. The minimum Gasteiger partial charge on any atom is -0.386 e. The van der Waals surface area contributed by atoms with E-state index in [1.807, 2.05) is 0 Å². The van der Waals surface area contributed by atoms with Crippen molar-refractivity contribution in [2.75, 3.05) is 24.7 Å². The lowest BCUT2D eigenvalue weighted by atomic mass is 10.2. The van der Waals surface area contributed by atoms with Gasteiger partial charge in [-0.15, -0.1) is 0 Å². The van der Waals surface area contributed by atoms with Gasteiger partial charge in [-0.3, -0.25) is 0 Å². The number of halogens is 2. The van der Waals surface area contributed by atoms with Crippen molar-refractivity contribution in [3.8, 4) is 0 Å². The monoisotopic (exact) mass is 172 g/mol. The van der Waals surface area contributed by atoms with Gasteiger partial charge in [0.05, 0.1) is 11.4 Å². The fraction of sp³-hybridized carbons (Fsp3) is 0.250. The molecule has 0 heterocycles. The van der Waals surface area contributed by atoms with Gasteiger partial charge in [0.15, 0.2) is 5.82 Å². The van der Waals surface area contributed by atoms with Crippen molar-refractivity contribution in [3.05, 3.63) is 23.8 Å². The van der Waals surface area contributed by atoms with Crippen molar-refractivity contribution in [1.29, 1.82) is 0 Å². The lowest BCUT2D eigenvalue weighted by Crippen LogP contribution is -2.00. The number of benzene rings is 1. The van der Waals surface area contributed by atoms with Crippen LogP contribution in [0.25, 0.3) is 0 Å². The summed E-state index contributed by atoms with van der Waals surface area (Å²) in [6.07, 6.45) is 0. The largest absolute Gasteiger partial charge is 0.386 e. The van der Waals surface area contributed by atoms with E-state index >= 15 is 0 Å². The summed E-state index contributed by atoms with van der Waals surface area (Å²) < 4.78 is 25.6. The Balaban J connectivity index is 3.24. The molecule has 0 aromatic heterocycles. The molecule has 0 amide bonds. The molecule has 2 N–H and O–H groups in total. The van der Waals surface area contributed by atoms with E-state index in [0.29, 0.717) is 5.69 Å². The van der Waals surface area contributed by atoms with E-state index in [1.165, 1.54) is 6.07 Å². The standard InChI is InChI=1S/C8H10F2N2/c1-11-7-4-5(9)3-6(10)8(7)12-2/h3-4,11-12H,1-2H3. The Morgan fingerprint density at radius 2 is 1.75 bits per heavy atom. The first-order chi connectivity index (χ1) is 5.69. The van der Waals surface area contributed by atoms with E-state index in [4.69, 9.17) is 0 Å². The molecular formula is C8H10F2N2. The van der Waals surface area contributed by atoms with E-state index in [-0.39, 0.29) is 5.69 Å². The lowest BCUT2D eigenvalue weighted by Gasteiger charge is -2.09. The molecule has 0 radical (unpaired) electrons. The molecule has 1 aromatic rings. The predicted molar refractivity (Wildman–Crippen MR) is 45.5 cm³/mol. The van der Waals surface area contributed by atoms with Crippen LogP contribution in [0.3, 0.4) is 0 Å². The van der Waals surface area contributed by atoms with Gasteiger partial charge in [0.25, 0.3) is 0 Å². The van der Waals surface area contributed by atoms with E-state index in [2.05, 4.69) is 10.6 Å². The molecule has 0 fully saturated rings. The zero-order valence-corrected chi connectivity index (χ0v) is 6.91. The fourth-order valence-electron chi connectivity index (χ4n) is 1.02. The Morgan fingerprint density at radius 3 is 2.25 bits per heavy atom.